The Kier molecular flexibility index (Phi) is 4.95. The van der Waals surface area contributed by atoms with Crippen LogP contribution in [0, 0.1) is 11.8 Å². The number of aliphatic hydroxyl groups excluding tert-OH is 1. The highest BCUT2D eigenvalue weighted by molar-refractivity contribution is 5.76. The SMILES string of the molecule is CC(CN(C)C(=O)N1CCC(O)C(C)C1)C(=O)O. The Bertz CT molecular complexity index is 321. The summed E-state index contributed by atoms with van der Waals surface area (Å²) in [6, 6.07) is -0.165. The standard InChI is InChI=1S/C12H22N2O4/c1-8-7-14(5-4-10(8)15)12(18)13(3)6-9(2)11(16)17/h8-10,15H,4-7H2,1-3H3,(H,16,17). The van der Waals surface area contributed by atoms with Gasteiger partial charge in [0, 0.05) is 26.7 Å². The van der Waals surface area contributed by atoms with Gasteiger partial charge in [-0.25, -0.2) is 4.79 Å². The Labute approximate surface area is 107 Å². The predicted octanol–water partition coefficient (Wildman–Crippen LogP) is 0.462. The number of nitrogens with zero attached hydrogens (tertiary/aromatic N) is 2. The van der Waals surface area contributed by atoms with E-state index < -0.39 is 11.9 Å². The molecule has 0 aliphatic carbocycles. The molecule has 1 rings (SSSR count). The van der Waals surface area contributed by atoms with Gasteiger partial charge >= 0.3 is 12.0 Å². The van der Waals surface area contributed by atoms with Crippen LogP contribution in [0.2, 0.25) is 0 Å². The molecule has 2 N–H and O–H groups in total. The summed E-state index contributed by atoms with van der Waals surface area (Å²) < 4.78 is 0. The Morgan fingerprint density at radius 1 is 1.50 bits per heavy atom. The largest absolute Gasteiger partial charge is 0.481 e. The zero-order chi connectivity index (χ0) is 13.9. The molecule has 6 nitrogen and oxygen atoms in total. The maximum absolute atomic E-state index is 12.1. The maximum atomic E-state index is 12.1. The Hall–Kier alpha value is -1.30. The van der Waals surface area contributed by atoms with Gasteiger partial charge < -0.3 is 20.0 Å². The van der Waals surface area contributed by atoms with E-state index in [9.17, 15) is 14.7 Å². The molecular formula is C12H22N2O4. The summed E-state index contributed by atoms with van der Waals surface area (Å²) in [6.45, 7) is 4.72. The second kappa shape index (κ2) is 6.04. The van der Waals surface area contributed by atoms with Crippen molar-refractivity contribution in [1.82, 2.24) is 9.80 Å². The summed E-state index contributed by atoms with van der Waals surface area (Å²) >= 11 is 0. The van der Waals surface area contributed by atoms with E-state index in [1.54, 1.807) is 18.9 Å². The van der Waals surface area contributed by atoms with Crippen molar-refractivity contribution in [2.75, 3.05) is 26.7 Å². The average molecular weight is 258 g/mol. The minimum atomic E-state index is -0.905. The number of amides is 2. The highest BCUT2D eigenvalue weighted by Crippen LogP contribution is 2.17. The number of hydrogen-bond acceptors (Lipinski definition) is 3. The summed E-state index contributed by atoms with van der Waals surface area (Å²) in [7, 11) is 1.61. The first kappa shape index (κ1) is 14.8. The quantitative estimate of drug-likeness (QED) is 0.770. The van der Waals surface area contributed by atoms with E-state index in [1.807, 2.05) is 6.92 Å². The third-order valence-corrected chi connectivity index (χ3v) is 3.43. The number of carbonyl (C=O) groups excluding carboxylic acids is 1. The lowest BCUT2D eigenvalue weighted by Crippen LogP contribution is -2.50. The molecule has 1 saturated heterocycles. The zero-order valence-corrected chi connectivity index (χ0v) is 11.2. The summed E-state index contributed by atoms with van der Waals surface area (Å²) in [5.74, 6) is -1.42. The molecule has 0 radical (unpaired) electrons. The van der Waals surface area contributed by atoms with E-state index >= 15 is 0 Å². The second-order valence-corrected chi connectivity index (χ2v) is 5.18. The smallest absolute Gasteiger partial charge is 0.319 e. The van der Waals surface area contributed by atoms with Crippen LogP contribution >= 0.6 is 0 Å². The number of rotatable bonds is 3. The monoisotopic (exact) mass is 258 g/mol. The van der Waals surface area contributed by atoms with Gasteiger partial charge in [-0.2, -0.15) is 0 Å². The van der Waals surface area contributed by atoms with Gasteiger partial charge in [0.05, 0.1) is 12.0 Å². The minimum absolute atomic E-state index is 0.0630. The van der Waals surface area contributed by atoms with E-state index in [-0.39, 0.29) is 24.6 Å². The number of piperidine rings is 1. The summed E-state index contributed by atoms with van der Waals surface area (Å²) in [6.07, 6.45) is 0.229. The number of aliphatic carboxylic acids is 1. The van der Waals surface area contributed by atoms with Gasteiger partial charge in [0.2, 0.25) is 0 Å². The highest BCUT2D eigenvalue weighted by atomic mass is 16.4. The highest BCUT2D eigenvalue weighted by Gasteiger charge is 2.29. The molecule has 3 atom stereocenters. The van der Waals surface area contributed by atoms with Crippen molar-refractivity contribution in [3.8, 4) is 0 Å². The molecular weight excluding hydrogens is 236 g/mol. The third-order valence-electron chi connectivity index (χ3n) is 3.43. The Morgan fingerprint density at radius 2 is 2.11 bits per heavy atom. The van der Waals surface area contributed by atoms with E-state index in [0.29, 0.717) is 19.5 Å². The minimum Gasteiger partial charge on any atom is -0.481 e. The third kappa shape index (κ3) is 3.60. The second-order valence-electron chi connectivity index (χ2n) is 5.18. The summed E-state index contributed by atoms with van der Waals surface area (Å²) in [4.78, 5) is 25.9. The predicted molar refractivity (Wildman–Crippen MR) is 66.2 cm³/mol. The Balaban J connectivity index is 2.51. The fourth-order valence-corrected chi connectivity index (χ4v) is 2.12. The molecule has 1 aliphatic rings. The van der Waals surface area contributed by atoms with Crippen LogP contribution in [0.5, 0.6) is 0 Å². The van der Waals surface area contributed by atoms with Crippen molar-refractivity contribution < 1.29 is 19.8 Å². The first-order valence-corrected chi connectivity index (χ1v) is 6.23. The first-order valence-electron chi connectivity index (χ1n) is 6.23. The fourth-order valence-electron chi connectivity index (χ4n) is 2.12. The number of carboxylic acids is 1. The molecule has 1 fully saturated rings. The first-order chi connectivity index (χ1) is 8.32. The maximum Gasteiger partial charge on any atom is 0.319 e. The molecule has 6 heteroatoms. The van der Waals surface area contributed by atoms with E-state index in [4.69, 9.17) is 5.11 Å². The molecule has 1 heterocycles. The van der Waals surface area contributed by atoms with Crippen LogP contribution < -0.4 is 0 Å². The van der Waals surface area contributed by atoms with E-state index in [0.717, 1.165) is 0 Å². The number of urea groups is 1. The van der Waals surface area contributed by atoms with Gasteiger partial charge in [-0.15, -0.1) is 0 Å². The number of carboxylic acid groups (broad SMARTS) is 1. The van der Waals surface area contributed by atoms with Crippen molar-refractivity contribution in [1.29, 1.82) is 0 Å². The molecule has 1 aliphatic heterocycles. The van der Waals surface area contributed by atoms with Gasteiger partial charge in [-0.05, 0) is 12.3 Å². The van der Waals surface area contributed by atoms with Crippen molar-refractivity contribution >= 4 is 12.0 Å². The molecule has 3 unspecified atom stereocenters. The van der Waals surface area contributed by atoms with Crippen molar-refractivity contribution in [2.45, 2.75) is 26.4 Å². The van der Waals surface area contributed by atoms with Crippen molar-refractivity contribution in [3.63, 3.8) is 0 Å². The fraction of sp³-hybridized carbons (Fsp3) is 0.833. The normalized spacial score (nSPS) is 25.7. The lowest BCUT2D eigenvalue weighted by atomic mass is 9.97. The van der Waals surface area contributed by atoms with Crippen molar-refractivity contribution in [2.24, 2.45) is 11.8 Å². The molecule has 18 heavy (non-hydrogen) atoms. The number of aliphatic hydroxyl groups is 1. The van der Waals surface area contributed by atoms with Gasteiger partial charge in [0.25, 0.3) is 0 Å². The molecule has 2 amide bonds. The summed E-state index contributed by atoms with van der Waals surface area (Å²) in [5, 5.41) is 18.4. The molecule has 0 bridgehead atoms. The average Bonchev–Trinajstić information content (AvgIpc) is 2.31. The molecule has 0 saturated carbocycles. The number of carbonyl (C=O) groups is 2. The summed E-state index contributed by atoms with van der Waals surface area (Å²) in [5.41, 5.74) is 0. The van der Waals surface area contributed by atoms with Crippen LogP contribution in [0.4, 0.5) is 4.79 Å². The van der Waals surface area contributed by atoms with E-state index in [2.05, 4.69) is 0 Å². The van der Waals surface area contributed by atoms with Crippen LogP contribution in [0.15, 0.2) is 0 Å². The lowest BCUT2D eigenvalue weighted by Gasteiger charge is -2.36. The molecule has 0 aromatic heterocycles. The molecule has 104 valence electrons. The van der Waals surface area contributed by atoms with Crippen LogP contribution in [-0.4, -0.2) is 64.8 Å². The van der Waals surface area contributed by atoms with Gasteiger partial charge in [0.15, 0.2) is 0 Å². The zero-order valence-electron chi connectivity index (χ0n) is 11.2. The topological polar surface area (TPSA) is 81.1 Å². The Morgan fingerprint density at radius 3 is 2.61 bits per heavy atom. The van der Waals surface area contributed by atoms with Crippen LogP contribution in [0.25, 0.3) is 0 Å². The van der Waals surface area contributed by atoms with Gasteiger partial charge in [0.1, 0.15) is 0 Å². The number of hydrogen-bond donors (Lipinski definition) is 2. The number of likely N-dealkylation sites (tertiary alicyclic amines) is 1. The molecule has 0 aromatic carbocycles. The van der Waals surface area contributed by atoms with Gasteiger partial charge in [-0.1, -0.05) is 13.8 Å². The van der Waals surface area contributed by atoms with Crippen LogP contribution in [0.1, 0.15) is 20.3 Å². The van der Waals surface area contributed by atoms with Crippen molar-refractivity contribution in [3.05, 3.63) is 0 Å². The molecule has 0 aromatic rings. The van der Waals surface area contributed by atoms with Gasteiger partial charge in [-0.3, -0.25) is 4.79 Å². The van der Waals surface area contributed by atoms with Crippen LogP contribution in [-0.2, 0) is 4.79 Å². The van der Waals surface area contributed by atoms with E-state index in [1.165, 1.54) is 4.90 Å². The molecule has 0 spiro atoms. The van der Waals surface area contributed by atoms with Crippen LogP contribution in [0.3, 0.4) is 0 Å². The lowest BCUT2D eigenvalue weighted by molar-refractivity contribution is -0.141.